The Morgan fingerprint density at radius 2 is 1.67 bits per heavy atom. The number of primary amides is 1. The molecule has 0 radical (unpaired) electrons. The van der Waals surface area contributed by atoms with Crippen LogP contribution in [0.1, 0.15) is 54.0 Å². The lowest BCUT2D eigenvalue weighted by atomic mass is 9.81. The lowest BCUT2D eigenvalue weighted by Crippen LogP contribution is -2.37. The lowest BCUT2D eigenvalue weighted by Gasteiger charge is -2.31. The molecule has 2 atom stereocenters. The third-order valence-electron chi connectivity index (χ3n) is 7.21. The average Bonchev–Trinajstić information content (AvgIpc) is 3.39. The maximum absolute atomic E-state index is 13.9. The molecule has 3 aromatic carbocycles. The van der Waals surface area contributed by atoms with Crippen LogP contribution in [0.15, 0.2) is 78.2 Å². The van der Waals surface area contributed by atoms with Gasteiger partial charge in [0.2, 0.25) is 5.91 Å². The number of hydrogen-bond acceptors (Lipinski definition) is 7. The van der Waals surface area contributed by atoms with E-state index >= 15 is 0 Å². The van der Waals surface area contributed by atoms with Gasteiger partial charge in [0, 0.05) is 48.3 Å². The van der Waals surface area contributed by atoms with Crippen LogP contribution in [0.4, 0.5) is 0 Å². The Kier molecular flexibility index (Phi) is 10.5. The summed E-state index contributed by atoms with van der Waals surface area (Å²) in [5.74, 6) is -0.735. The van der Waals surface area contributed by atoms with E-state index in [2.05, 4.69) is 4.98 Å². The van der Waals surface area contributed by atoms with Crippen LogP contribution in [0.25, 0.3) is 0 Å². The first-order valence-electron chi connectivity index (χ1n) is 13.8. The molecule has 0 aliphatic rings. The highest BCUT2D eigenvalue weighted by molar-refractivity contribution is 7.09. The number of carbonyl (C=O) groups is 2. The summed E-state index contributed by atoms with van der Waals surface area (Å²) in [6.07, 6.45) is -0.505. The van der Waals surface area contributed by atoms with Crippen molar-refractivity contribution in [3.05, 3.63) is 117 Å². The standard InChI is InChI=1S/C33H38N4O4S/c1-22-21-42-30(35-22)20-37(3)33(40)27-15-9-14-26(32(34)39)31(27)28(17-23-10-6-5-7-11-23)29(38)19-36(2)18-24-12-8-13-25(16-24)41-4/h5-16,21,28-29,38H,17-20H2,1-4H3,(H2,34,39)/t28-,29+/m1/s1. The number of aromatic nitrogens is 1. The van der Waals surface area contributed by atoms with Crippen LogP contribution in [0, 0.1) is 6.92 Å². The smallest absolute Gasteiger partial charge is 0.254 e. The van der Waals surface area contributed by atoms with Crippen LogP contribution in [0.3, 0.4) is 0 Å². The predicted octanol–water partition coefficient (Wildman–Crippen LogP) is 4.65. The van der Waals surface area contributed by atoms with Crippen molar-refractivity contribution < 1.29 is 19.4 Å². The molecule has 0 bridgehead atoms. The fourth-order valence-electron chi connectivity index (χ4n) is 5.21. The molecule has 1 aromatic heterocycles. The second kappa shape index (κ2) is 14.2. The number of nitrogens with zero attached hydrogens (tertiary/aromatic N) is 3. The number of thiazole rings is 1. The molecule has 0 aliphatic carbocycles. The number of aryl methyl sites for hydroxylation is 1. The van der Waals surface area contributed by atoms with E-state index in [0.717, 1.165) is 27.6 Å². The predicted molar refractivity (Wildman–Crippen MR) is 166 cm³/mol. The summed E-state index contributed by atoms with van der Waals surface area (Å²) in [5, 5.41) is 14.6. The molecule has 0 aliphatic heterocycles. The van der Waals surface area contributed by atoms with Gasteiger partial charge in [-0.1, -0.05) is 48.5 Å². The minimum absolute atomic E-state index is 0.231. The van der Waals surface area contributed by atoms with Gasteiger partial charge in [-0.2, -0.15) is 0 Å². The van der Waals surface area contributed by atoms with E-state index in [1.807, 2.05) is 78.8 Å². The zero-order chi connectivity index (χ0) is 30.2. The van der Waals surface area contributed by atoms with E-state index in [-0.39, 0.29) is 11.5 Å². The third kappa shape index (κ3) is 7.82. The fourth-order valence-corrected chi connectivity index (χ4v) is 6.04. The summed E-state index contributed by atoms with van der Waals surface area (Å²) in [6, 6.07) is 22.5. The molecule has 0 saturated heterocycles. The van der Waals surface area contributed by atoms with Gasteiger partial charge in [0.15, 0.2) is 0 Å². The number of benzene rings is 3. The van der Waals surface area contributed by atoms with E-state index in [0.29, 0.717) is 37.2 Å². The van der Waals surface area contributed by atoms with Gasteiger partial charge >= 0.3 is 0 Å². The Hall–Kier alpha value is -4.05. The van der Waals surface area contributed by atoms with E-state index in [4.69, 9.17) is 10.5 Å². The summed E-state index contributed by atoms with van der Waals surface area (Å²) >= 11 is 1.49. The number of carbonyl (C=O) groups excluding carboxylic acids is 2. The summed E-state index contributed by atoms with van der Waals surface area (Å²) in [4.78, 5) is 34.7. The van der Waals surface area contributed by atoms with Crippen LogP contribution in [0.2, 0.25) is 0 Å². The van der Waals surface area contributed by atoms with Crippen LogP contribution < -0.4 is 10.5 Å². The first-order chi connectivity index (χ1) is 20.2. The number of rotatable bonds is 13. The van der Waals surface area contributed by atoms with Gasteiger partial charge in [-0.15, -0.1) is 11.3 Å². The summed E-state index contributed by atoms with van der Waals surface area (Å²) in [7, 11) is 5.27. The van der Waals surface area contributed by atoms with Gasteiger partial charge < -0.3 is 20.5 Å². The Morgan fingerprint density at radius 3 is 2.33 bits per heavy atom. The molecular formula is C33H38N4O4S. The molecule has 0 spiro atoms. The van der Waals surface area contributed by atoms with Gasteiger partial charge in [-0.05, 0) is 61.3 Å². The topological polar surface area (TPSA) is 109 Å². The van der Waals surface area contributed by atoms with Crippen molar-refractivity contribution in [1.82, 2.24) is 14.8 Å². The SMILES string of the molecule is COc1cccc(CN(C)C[C@H](O)[C@@H](Cc2ccccc2)c2c(C(N)=O)cccc2C(=O)N(C)Cc2nc(C)cs2)c1. The third-order valence-corrected chi connectivity index (χ3v) is 8.16. The van der Waals surface area contributed by atoms with E-state index < -0.39 is 17.9 Å². The Labute approximate surface area is 251 Å². The number of ether oxygens (including phenoxy) is 1. The molecule has 0 saturated carbocycles. The highest BCUT2D eigenvalue weighted by Crippen LogP contribution is 2.32. The van der Waals surface area contributed by atoms with Crippen LogP contribution in [-0.4, -0.2) is 65.6 Å². The normalized spacial score (nSPS) is 12.6. The maximum Gasteiger partial charge on any atom is 0.254 e. The van der Waals surface area contributed by atoms with E-state index in [1.54, 1.807) is 37.3 Å². The van der Waals surface area contributed by atoms with Gasteiger partial charge in [0.1, 0.15) is 10.8 Å². The minimum Gasteiger partial charge on any atom is -0.497 e. The molecule has 1 heterocycles. The van der Waals surface area contributed by atoms with Gasteiger partial charge in [0.05, 0.1) is 19.8 Å². The van der Waals surface area contributed by atoms with E-state index in [1.165, 1.54) is 11.3 Å². The average molecular weight is 587 g/mol. The molecule has 0 unspecified atom stereocenters. The summed E-state index contributed by atoms with van der Waals surface area (Å²) in [5.41, 5.74) is 9.82. The molecule has 3 N–H and O–H groups in total. The Morgan fingerprint density at radius 1 is 0.976 bits per heavy atom. The lowest BCUT2D eigenvalue weighted by molar-refractivity contribution is 0.0775. The van der Waals surface area contributed by atoms with Crippen molar-refractivity contribution in [2.75, 3.05) is 27.7 Å². The monoisotopic (exact) mass is 586 g/mol. The molecule has 0 fully saturated rings. The zero-order valence-corrected chi connectivity index (χ0v) is 25.3. The molecule has 4 rings (SSSR count). The molecule has 42 heavy (non-hydrogen) atoms. The second-order valence-electron chi connectivity index (χ2n) is 10.6. The number of likely N-dealkylation sites (N-methyl/N-ethyl adjacent to an activating group) is 1. The summed E-state index contributed by atoms with van der Waals surface area (Å²) in [6.45, 7) is 3.11. The summed E-state index contributed by atoms with van der Waals surface area (Å²) < 4.78 is 5.36. The van der Waals surface area contributed by atoms with Gasteiger partial charge in [0.25, 0.3) is 5.91 Å². The van der Waals surface area contributed by atoms with Crippen molar-refractivity contribution in [3.63, 3.8) is 0 Å². The highest BCUT2D eigenvalue weighted by Gasteiger charge is 2.32. The Balaban J connectivity index is 1.70. The van der Waals surface area contributed by atoms with Crippen LogP contribution in [-0.2, 0) is 19.5 Å². The number of aliphatic hydroxyl groups is 1. The molecule has 220 valence electrons. The molecule has 9 heteroatoms. The second-order valence-corrected chi connectivity index (χ2v) is 11.5. The van der Waals surface area contributed by atoms with Crippen LogP contribution >= 0.6 is 11.3 Å². The zero-order valence-electron chi connectivity index (χ0n) is 24.5. The maximum atomic E-state index is 13.9. The molecular weight excluding hydrogens is 548 g/mol. The molecule has 2 amide bonds. The number of nitrogens with two attached hydrogens (primary N) is 1. The van der Waals surface area contributed by atoms with Crippen molar-refractivity contribution in [2.45, 2.75) is 38.5 Å². The molecule has 8 nitrogen and oxygen atoms in total. The number of amides is 2. The van der Waals surface area contributed by atoms with Crippen molar-refractivity contribution in [2.24, 2.45) is 5.73 Å². The van der Waals surface area contributed by atoms with Crippen molar-refractivity contribution >= 4 is 23.2 Å². The van der Waals surface area contributed by atoms with Gasteiger partial charge in [-0.25, -0.2) is 4.98 Å². The number of methoxy groups -OCH3 is 1. The van der Waals surface area contributed by atoms with Crippen LogP contribution in [0.5, 0.6) is 5.75 Å². The van der Waals surface area contributed by atoms with Gasteiger partial charge in [-0.3, -0.25) is 14.5 Å². The first kappa shape index (κ1) is 30.9. The van der Waals surface area contributed by atoms with E-state index in [9.17, 15) is 14.7 Å². The minimum atomic E-state index is -0.917. The quantitative estimate of drug-likeness (QED) is 0.236. The number of hydrogen-bond donors (Lipinski definition) is 2. The Bertz CT molecular complexity index is 1510. The molecule has 4 aromatic rings. The largest absolute Gasteiger partial charge is 0.497 e. The fraction of sp³-hybridized carbons (Fsp3) is 0.303. The first-order valence-corrected chi connectivity index (χ1v) is 14.7. The number of aliphatic hydroxyl groups excluding tert-OH is 1. The van der Waals surface area contributed by atoms with Crippen molar-refractivity contribution in [1.29, 1.82) is 0 Å². The highest BCUT2D eigenvalue weighted by atomic mass is 32.1. The van der Waals surface area contributed by atoms with Crippen molar-refractivity contribution in [3.8, 4) is 5.75 Å².